The minimum atomic E-state index is -0.387. The Morgan fingerprint density at radius 3 is 2.04 bits per heavy atom. The zero-order valence-electron chi connectivity index (χ0n) is 16.4. The summed E-state index contributed by atoms with van der Waals surface area (Å²) in [5.41, 5.74) is 6.10. The van der Waals surface area contributed by atoms with Gasteiger partial charge in [0.05, 0.1) is 0 Å². The van der Waals surface area contributed by atoms with Gasteiger partial charge in [-0.1, -0.05) is 62.7 Å². The number of carbonyl (C=O) groups is 1. The Bertz CT molecular complexity index is 868. The van der Waals surface area contributed by atoms with Crippen molar-refractivity contribution in [3.63, 3.8) is 0 Å². The van der Waals surface area contributed by atoms with Gasteiger partial charge in [-0.15, -0.1) is 0 Å². The number of carbonyl (C=O) groups excluding carboxylic acids is 1. The van der Waals surface area contributed by atoms with Crippen molar-refractivity contribution in [1.82, 2.24) is 0 Å². The fraction of sp³-hybridized carbons (Fsp3) is 0.304. The zero-order valence-corrected chi connectivity index (χ0v) is 16.4. The molecular formula is C23H26N2O. The third-order valence-electron chi connectivity index (χ3n) is 4.37. The van der Waals surface area contributed by atoms with Gasteiger partial charge in [-0.3, -0.25) is 4.79 Å². The topological polar surface area (TPSA) is 52.9 Å². The van der Waals surface area contributed by atoms with Gasteiger partial charge < -0.3 is 5.32 Å². The van der Waals surface area contributed by atoms with Crippen LogP contribution in [0.4, 0.5) is 5.69 Å². The summed E-state index contributed by atoms with van der Waals surface area (Å²) in [5, 5.41) is 12.3. The number of hydrogen-bond acceptors (Lipinski definition) is 2. The van der Waals surface area contributed by atoms with E-state index < -0.39 is 0 Å². The molecule has 0 aromatic heterocycles. The summed E-state index contributed by atoms with van der Waals surface area (Å²) in [6.45, 7) is 12.4. The van der Waals surface area contributed by atoms with Gasteiger partial charge >= 0.3 is 0 Å². The van der Waals surface area contributed by atoms with Crippen molar-refractivity contribution in [2.45, 2.75) is 47.0 Å². The highest BCUT2D eigenvalue weighted by Crippen LogP contribution is 2.24. The first-order chi connectivity index (χ1) is 12.1. The van der Waals surface area contributed by atoms with Crippen LogP contribution in [-0.4, -0.2) is 5.91 Å². The number of anilines is 1. The molecule has 0 aliphatic carbocycles. The molecule has 0 unspecified atom stereocenters. The van der Waals surface area contributed by atoms with Crippen LogP contribution in [0.15, 0.2) is 42.0 Å². The maximum Gasteiger partial charge on any atom is 0.266 e. The molecule has 0 fully saturated rings. The molecule has 0 bridgehead atoms. The number of nitrogens with zero attached hydrogens (tertiary/aromatic N) is 1. The highest BCUT2D eigenvalue weighted by atomic mass is 16.1. The van der Waals surface area contributed by atoms with Crippen LogP contribution < -0.4 is 5.32 Å². The SMILES string of the molecule is Cc1cc(C)c(NC(=O)C(C#N)=Cc2ccc(C(C)(C)C)cc2)c(C)c1. The minimum Gasteiger partial charge on any atom is -0.321 e. The highest BCUT2D eigenvalue weighted by Gasteiger charge is 2.15. The second-order valence-electron chi connectivity index (χ2n) is 7.77. The molecule has 0 aliphatic heterocycles. The van der Waals surface area contributed by atoms with Gasteiger partial charge in [-0.05, 0) is 54.5 Å². The number of rotatable bonds is 3. The van der Waals surface area contributed by atoms with E-state index in [1.165, 1.54) is 5.56 Å². The van der Waals surface area contributed by atoms with Crippen LogP contribution in [0, 0.1) is 32.1 Å². The summed E-state index contributed by atoms with van der Waals surface area (Å²) in [6, 6.07) is 14.0. The molecule has 26 heavy (non-hydrogen) atoms. The fourth-order valence-electron chi connectivity index (χ4n) is 2.95. The van der Waals surface area contributed by atoms with Crippen molar-refractivity contribution in [3.05, 3.63) is 69.8 Å². The van der Waals surface area contributed by atoms with Gasteiger partial charge in [0.25, 0.3) is 5.91 Å². The summed E-state index contributed by atoms with van der Waals surface area (Å²) in [5.74, 6) is -0.387. The molecule has 3 nitrogen and oxygen atoms in total. The molecule has 0 aliphatic rings. The van der Waals surface area contributed by atoms with Crippen LogP contribution in [0.5, 0.6) is 0 Å². The van der Waals surface area contributed by atoms with E-state index in [-0.39, 0.29) is 16.9 Å². The summed E-state index contributed by atoms with van der Waals surface area (Å²) >= 11 is 0. The van der Waals surface area contributed by atoms with E-state index in [2.05, 4.69) is 26.1 Å². The van der Waals surface area contributed by atoms with Crippen molar-refractivity contribution in [1.29, 1.82) is 5.26 Å². The smallest absolute Gasteiger partial charge is 0.266 e. The van der Waals surface area contributed by atoms with Crippen LogP contribution in [0.2, 0.25) is 0 Å². The predicted molar refractivity (Wildman–Crippen MR) is 108 cm³/mol. The molecule has 0 radical (unpaired) electrons. The quantitative estimate of drug-likeness (QED) is 0.593. The fourth-order valence-corrected chi connectivity index (χ4v) is 2.95. The standard InChI is InChI=1S/C23H26N2O/c1-15-11-16(2)21(17(3)12-15)25-22(26)19(14-24)13-18-7-9-20(10-8-18)23(4,5)6/h7-13H,1-6H3,(H,25,26). The van der Waals surface area contributed by atoms with E-state index >= 15 is 0 Å². The molecule has 2 rings (SSSR count). The molecule has 2 aromatic carbocycles. The van der Waals surface area contributed by atoms with Gasteiger partial charge in [0.2, 0.25) is 0 Å². The number of nitriles is 1. The van der Waals surface area contributed by atoms with E-state index in [0.717, 1.165) is 27.9 Å². The van der Waals surface area contributed by atoms with Crippen LogP contribution in [0.1, 0.15) is 48.6 Å². The third-order valence-corrected chi connectivity index (χ3v) is 4.37. The predicted octanol–water partition coefficient (Wildman–Crippen LogP) is 5.46. The molecule has 0 saturated heterocycles. The lowest BCUT2D eigenvalue weighted by atomic mass is 9.86. The summed E-state index contributed by atoms with van der Waals surface area (Å²) in [6.07, 6.45) is 1.63. The molecule has 0 spiro atoms. The lowest BCUT2D eigenvalue weighted by Crippen LogP contribution is -2.15. The average Bonchev–Trinajstić information content (AvgIpc) is 2.55. The molecule has 3 heteroatoms. The largest absolute Gasteiger partial charge is 0.321 e. The number of aryl methyl sites for hydroxylation is 3. The second-order valence-corrected chi connectivity index (χ2v) is 7.77. The van der Waals surface area contributed by atoms with Crippen molar-refractivity contribution >= 4 is 17.7 Å². The van der Waals surface area contributed by atoms with E-state index in [9.17, 15) is 10.1 Å². The number of hydrogen-bond donors (Lipinski definition) is 1. The molecule has 1 amide bonds. The van der Waals surface area contributed by atoms with Gasteiger partial charge in [0.1, 0.15) is 11.6 Å². The van der Waals surface area contributed by atoms with Crippen molar-refractivity contribution in [3.8, 4) is 6.07 Å². The minimum absolute atomic E-state index is 0.0676. The molecule has 1 N–H and O–H groups in total. The van der Waals surface area contributed by atoms with Gasteiger partial charge in [0, 0.05) is 5.69 Å². The lowest BCUT2D eigenvalue weighted by Gasteiger charge is -2.18. The summed E-state index contributed by atoms with van der Waals surface area (Å²) in [4.78, 5) is 12.6. The van der Waals surface area contributed by atoms with E-state index in [1.807, 2.05) is 63.2 Å². The first-order valence-electron chi connectivity index (χ1n) is 8.73. The van der Waals surface area contributed by atoms with Gasteiger partial charge in [-0.25, -0.2) is 0 Å². The van der Waals surface area contributed by atoms with E-state index in [1.54, 1.807) is 6.08 Å². The second kappa shape index (κ2) is 7.58. The number of amides is 1. The van der Waals surface area contributed by atoms with Crippen molar-refractivity contribution < 1.29 is 4.79 Å². The summed E-state index contributed by atoms with van der Waals surface area (Å²) in [7, 11) is 0. The van der Waals surface area contributed by atoms with E-state index in [0.29, 0.717) is 0 Å². The first kappa shape index (κ1) is 19.5. The molecular weight excluding hydrogens is 320 g/mol. The first-order valence-corrected chi connectivity index (χ1v) is 8.73. The Labute approximate surface area is 156 Å². The number of nitrogens with one attached hydrogen (secondary N) is 1. The van der Waals surface area contributed by atoms with Crippen LogP contribution >= 0.6 is 0 Å². The normalized spacial score (nSPS) is 11.8. The molecule has 0 heterocycles. The van der Waals surface area contributed by atoms with Crippen LogP contribution in [0.3, 0.4) is 0 Å². The maximum atomic E-state index is 12.6. The maximum absolute atomic E-state index is 12.6. The molecule has 0 saturated carbocycles. The molecule has 134 valence electrons. The van der Waals surface area contributed by atoms with Crippen molar-refractivity contribution in [2.24, 2.45) is 0 Å². The van der Waals surface area contributed by atoms with Gasteiger partial charge in [-0.2, -0.15) is 5.26 Å². The Morgan fingerprint density at radius 1 is 1.04 bits per heavy atom. The monoisotopic (exact) mass is 346 g/mol. The number of benzene rings is 2. The highest BCUT2D eigenvalue weighted by molar-refractivity contribution is 6.10. The zero-order chi connectivity index (χ0) is 19.5. The Kier molecular flexibility index (Phi) is 5.67. The van der Waals surface area contributed by atoms with Crippen LogP contribution in [0.25, 0.3) is 6.08 Å². The average molecular weight is 346 g/mol. The Morgan fingerprint density at radius 2 is 1.58 bits per heavy atom. The van der Waals surface area contributed by atoms with E-state index in [4.69, 9.17) is 0 Å². The third kappa shape index (κ3) is 4.61. The van der Waals surface area contributed by atoms with Crippen LogP contribution in [-0.2, 0) is 10.2 Å². The van der Waals surface area contributed by atoms with Crippen molar-refractivity contribution in [2.75, 3.05) is 5.32 Å². The lowest BCUT2D eigenvalue weighted by molar-refractivity contribution is -0.112. The summed E-state index contributed by atoms with van der Waals surface area (Å²) < 4.78 is 0. The Hall–Kier alpha value is -2.86. The molecule has 0 atom stereocenters. The van der Waals surface area contributed by atoms with Gasteiger partial charge in [0.15, 0.2) is 0 Å². The Balaban J connectivity index is 2.27. The molecule has 2 aromatic rings.